The first-order valence-corrected chi connectivity index (χ1v) is 6.23. The van der Waals surface area contributed by atoms with Crippen molar-refractivity contribution in [2.45, 2.75) is 6.92 Å². The highest BCUT2D eigenvalue weighted by Crippen LogP contribution is 2.29. The molecule has 0 heterocycles. The Morgan fingerprint density at radius 1 is 1.26 bits per heavy atom. The van der Waals surface area contributed by atoms with Crippen LogP contribution in [0.4, 0.5) is 21.5 Å². The molecule has 0 unspecified atom stereocenters. The van der Waals surface area contributed by atoms with Crippen molar-refractivity contribution in [1.29, 1.82) is 0 Å². The van der Waals surface area contributed by atoms with Crippen molar-refractivity contribution in [2.75, 3.05) is 5.32 Å². The van der Waals surface area contributed by atoms with Crippen molar-refractivity contribution in [1.82, 2.24) is 0 Å². The summed E-state index contributed by atoms with van der Waals surface area (Å²) in [7, 11) is 0. The summed E-state index contributed by atoms with van der Waals surface area (Å²) < 4.78 is 14.1. The van der Waals surface area contributed by atoms with Crippen molar-refractivity contribution in [3.05, 3.63) is 62.4 Å². The fourth-order valence-electron chi connectivity index (χ4n) is 1.64. The lowest BCUT2D eigenvalue weighted by Crippen LogP contribution is -1.95. The number of nitro benzene ring substituents is 1. The van der Waals surface area contributed by atoms with E-state index in [1.165, 1.54) is 12.1 Å². The van der Waals surface area contributed by atoms with Gasteiger partial charge in [0.15, 0.2) is 0 Å². The van der Waals surface area contributed by atoms with Gasteiger partial charge in [-0.1, -0.05) is 6.07 Å². The zero-order chi connectivity index (χ0) is 14.0. The highest BCUT2D eigenvalue weighted by Gasteiger charge is 2.10. The molecule has 2 aromatic rings. The van der Waals surface area contributed by atoms with Crippen LogP contribution < -0.4 is 5.32 Å². The van der Waals surface area contributed by atoms with Crippen LogP contribution in [0.25, 0.3) is 0 Å². The zero-order valence-corrected chi connectivity index (χ0v) is 11.6. The van der Waals surface area contributed by atoms with E-state index >= 15 is 0 Å². The minimum atomic E-state index is -0.652. The molecule has 0 aliphatic carbocycles. The fraction of sp³-hybridized carbons (Fsp3) is 0.0769. The van der Waals surface area contributed by atoms with Gasteiger partial charge in [-0.05, 0) is 46.6 Å². The van der Waals surface area contributed by atoms with Gasteiger partial charge >= 0.3 is 0 Å². The number of non-ortho nitro benzene ring substituents is 1. The van der Waals surface area contributed by atoms with Gasteiger partial charge < -0.3 is 5.32 Å². The second-order valence-electron chi connectivity index (χ2n) is 4.06. The summed E-state index contributed by atoms with van der Waals surface area (Å²) in [6.45, 7) is 1.92. The van der Waals surface area contributed by atoms with Crippen LogP contribution in [-0.4, -0.2) is 4.92 Å². The van der Waals surface area contributed by atoms with Crippen LogP contribution in [0.1, 0.15) is 5.56 Å². The molecule has 19 heavy (non-hydrogen) atoms. The van der Waals surface area contributed by atoms with E-state index in [1.54, 1.807) is 0 Å². The highest BCUT2D eigenvalue weighted by atomic mass is 79.9. The molecular formula is C13H10BrFN2O2. The van der Waals surface area contributed by atoms with Crippen LogP contribution in [0.5, 0.6) is 0 Å². The normalized spacial score (nSPS) is 10.3. The van der Waals surface area contributed by atoms with Crippen LogP contribution in [0.2, 0.25) is 0 Å². The molecule has 0 aliphatic rings. The maximum absolute atomic E-state index is 13.3. The van der Waals surface area contributed by atoms with Crippen molar-refractivity contribution < 1.29 is 9.31 Å². The number of benzene rings is 2. The molecule has 4 nitrogen and oxygen atoms in total. The van der Waals surface area contributed by atoms with Crippen LogP contribution in [0.3, 0.4) is 0 Å². The van der Waals surface area contributed by atoms with Crippen molar-refractivity contribution in [2.24, 2.45) is 0 Å². The third kappa shape index (κ3) is 3.29. The standard InChI is InChI=1S/C13H10BrFN2O2/c1-8-2-3-12(14)13(4-8)16-10-5-9(15)6-11(7-10)17(18)19/h2-7,16H,1H3. The maximum atomic E-state index is 13.3. The molecule has 0 aliphatic heterocycles. The summed E-state index contributed by atoms with van der Waals surface area (Å²) in [6, 6.07) is 9.02. The summed E-state index contributed by atoms with van der Waals surface area (Å²) in [6.07, 6.45) is 0. The Hall–Kier alpha value is -1.95. The first kappa shape index (κ1) is 13.5. The molecule has 1 N–H and O–H groups in total. The van der Waals surface area contributed by atoms with Crippen LogP contribution in [-0.2, 0) is 0 Å². The molecule has 0 fully saturated rings. The Morgan fingerprint density at radius 3 is 2.68 bits per heavy atom. The molecule has 0 amide bonds. The van der Waals surface area contributed by atoms with E-state index in [1.807, 2.05) is 25.1 Å². The third-order valence-electron chi connectivity index (χ3n) is 2.49. The Morgan fingerprint density at radius 2 is 2.00 bits per heavy atom. The molecule has 2 rings (SSSR count). The number of nitrogens with one attached hydrogen (secondary N) is 1. The highest BCUT2D eigenvalue weighted by molar-refractivity contribution is 9.10. The molecule has 0 spiro atoms. The van der Waals surface area contributed by atoms with E-state index in [9.17, 15) is 14.5 Å². The largest absolute Gasteiger partial charge is 0.354 e. The third-order valence-corrected chi connectivity index (χ3v) is 3.19. The van der Waals surface area contributed by atoms with Gasteiger partial charge in [0.2, 0.25) is 0 Å². The molecule has 0 bridgehead atoms. The monoisotopic (exact) mass is 324 g/mol. The first-order chi connectivity index (χ1) is 8.95. The van der Waals surface area contributed by atoms with Gasteiger partial charge in [-0.25, -0.2) is 4.39 Å². The number of halogens is 2. The molecule has 6 heteroatoms. The summed E-state index contributed by atoms with van der Waals surface area (Å²) in [5.74, 6) is -0.652. The summed E-state index contributed by atoms with van der Waals surface area (Å²) >= 11 is 3.36. The SMILES string of the molecule is Cc1ccc(Br)c(Nc2cc(F)cc([N+](=O)[O-])c2)c1. The van der Waals surface area contributed by atoms with Gasteiger partial charge in [-0.15, -0.1) is 0 Å². The Balaban J connectivity index is 2.38. The van der Waals surface area contributed by atoms with Crippen molar-refractivity contribution in [3.8, 4) is 0 Å². The topological polar surface area (TPSA) is 55.2 Å². The number of anilines is 2. The van der Waals surface area contributed by atoms with Crippen LogP contribution in [0, 0.1) is 22.9 Å². The number of aryl methyl sites for hydroxylation is 1. The quantitative estimate of drug-likeness (QED) is 0.665. The molecule has 2 aromatic carbocycles. The second kappa shape index (κ2) is 5.36. The Bertz CT molecular complexity index is 647. The lowest BCUT2D eigenvalue weighted by molar-refractivity contribution is -0.385. The number of hydrogen-bond acceptors (Lipinski definition) is 3. The number of nitro groups is 1. The predicted octanol–water partition coefficient (Wildman–Crippen LogP) is 4.55. The van der Waals surface area contributed by atoms with Crippen molar-refractivity contribution >= 4 is 33.0 Å². The minimum Gasteiger partial charge on any atom is -0.354 e. The van der Waals surface area contributed by atoms with Gasteiger partial charge in [-0.2, -0.15) is 0 Å². The Kier molecular flexibility index (Phi) is 3.80. The number of nitrogens with zero attached hydrogens (tertiary/aromatic N) is 1. The summed E-state index contributed by atoms with van der Waals surface area (Å²) in [5.41, 5.74) is 1.79. The molecule has 0 atom stereocenters. The van der Waals surface area contributed by atoms with Gasteiger partial charge in [0.05, 0.1) is 16.7 Å². The predicted molar refractivity (Wildman–Crippen MR) is 75.2 cm³/mol. The number of hydrogen-bond donors (Lipinski definition) is 1. The van der Waals surface area contributed by atoms with E-state index in [-0.39, 0.29) is 5.69 Å². The minimum absolute atomic E-state index is 0.286. The molecule has 0 saturated carbocycles. The van der Waals surface area contributed by atoms with Gasteiger partial charge in [0.1, 0.15) is 5.82 Å². The Labute approximate surface area is 117 Å². The lowest BCUT2D eigenvalue weighted by atomic mass is 10.2. The molecule has 98 valence electrons. The zero-order valence-electron chi connectivity index (χ0n) is 9.98. The van der Waals surface area contributed by atoms with Gasteiger partial charge in [-0.3, -0.25) is 10.1 Å². The summed E-state index contributed by atoms with van der Waals surface area (Å²) in [4.78, 5) is 10.1. The van der Waals surface area contributed by atoms with E-state index < -0.39 is 10.7 Å². The van der Waals surface area contributed by atoms with Crippen LogP contribution >= 0.6 is 15.9 Å². The molecule has 0 aromatic heterocycles. The lowest BCUT2D eigenvalue weighted by Gasteiger charge is -2.09. The average molecular weight is 325 g/mol. The molecule has 0 radical (unpaired) electrons. The first-order valence-electron chi connectivity index (χ1n) is 5.44. The average Bonchev–Trinajstić information content (AvgIpc) is 2.33. The van der Waals surface area contributed by atoms with E-state index in [0.717, 1.165) is 21.8 Å². The second-order valence-corrected chi connectivity index (χ2v) is 4.92. The molecule has 0 saturated heterocycles. The molecular weight excluding hydrogens is 315 g/mol. The maximum Gasteiger partial charge on any atom is 0.274 e. The fourth-order valence-corrected chi connectivity index (χ4v) is 1.99. The van der Waals surface area contributed by atoms with Gasteiger partial charge in [0, 0.05) is 16.2 Å². The number of rotatable bonds is 3. The van der Waals surface area contributed by atoms with E-state index in [4.69, 9.17) is 0 Å². The van der Waals surface area contributed by atoms with E-state index in [0.29, 0.717) is 5.69 Å². The van der Waals surface area contributed by atoms with E-state index in [2.05, 4.69) is 21.2 Å². The van der Waals surface area contributed by atoms with Gasteiger partial charge in [0.25, 0.3) is 5.69 Å². The van der Waals surface area contributed by atoms with Crippen LogP contribution in [0.15, 0.2) is 40.9 Å². The smallest absolute Gasteiger partial charge is 0.274 e. The summed E-state index contributed by atoms with van der Waals surface area (Å²) in [5, 5.41) is 13.6. The van der Waals surface area contributed by atoms with Crippen molar-refractivity contribution in [3.63, 3.8) is 0 Å².